The van der Waals surface area contributed by atoms with Crippen LogP contribution in [0.4, 0.5) is 17.1 Å². The van der Waals surface area contributed by atoms with Crippen LogP contribution in [0.15, 0.2) is 180 Å². The third kappa shape index (κ3) is 4.51. The van der Waals surface area contributed by atoms with Crippen LogP contribution in [0.25, 0.3) is 65.7 Å². The summed E-state index contributed by atoms with van der Waals surface area (Å²) in [7, 11) is 0. The molecular formula is C44H29NO. The second-order valence-electron chi connectivity index (χ2n) is 11.8. The van der Waals surface area contributed by atoms with Gasteiger partial charge in [-0.15, -0.1) is 0 Å². The van der Waals surface area contributed by atoms with Gasteiger partial charge in [-0.25, -0.2) is 0 Å². The van der Waals surface area contributed by atoms with E-state index in [0.29, 0.717) is 0 Å². The summed E-state index contributed by atoms with van der Waals surface area (Å²) in [5.74, 6) is 0. The first kappa shape index (κ1) is 26.3. The molecule has 46 heavy (non-hydrogen) atoms. The van der Waals surface area contributed by atoms with Crippen LogP contribution in [0.2, 0.25) is 0 Å². The zero-order valence-electron chi connectivity index (χ0n) is 25.1. The Morgan fingerprint density at radius 1 is 0.326 bits per heavy atom. The van der Waals surface area contributed by atoms with Crippen LogP contribution in [-0.2, 0) is 0 Å². The van der Waals surface area contributed by atoms with Crippen molar-refractivity contribution < 1.29 is 4.42 Å². The molecule has 0 saturated heterocycles. The van der Waals surface area contributed by atoms with Gasteiger partial charge in [0.1, 0.15) is 11.2 Å². The van der Waals surface area contributed by atoms with Crippen molar-refractivity contribution in [2.24, 2.45) is 0 Å². The maximum Gasteiger partial charge on any atom is 0.136 e. The molecular weight excluding hydrogens is 558 g/mol. The van der Waals surface area contributed by atoms with Gasteiger partial charge in [-0.3, -0.25) is 0 Å². The molecule has 0 bridgehead atoms. The quantitative estimate of drug-likeness (QED) is 0.199. The van der Waals surface area contributed by atoms with E-state index >= 15 is 0 Å². The fourth-order valence-electron chi connectivity index (χ4n) is 6.77. The summed E-state index contributed by atoms with van der Waals surface area (Å²) in [6.45, 7) is 0. The molecule has 0 radical (unpaired) electrons. The molecule has 0 unspecified atom stereocenters. The highest BCUT2D eigenvalue weighted by molar-refractivity contribution is 6.10. The number of hydrogen-bond donors (Lipinski definition) is 0. The molecule has 0 aliphatic heterocycles. The Balaban J connectivity index is 1.22. The maximum atomic E-state index is 6.20. The molecule has 1 aromatic heterocycles. The van der Waals surface area contributed by atoms with Gasteiger partial charge in [0.15, 0.2) is 0 Å². The number of fused-ring (bicyclic) bond motifs is 5. The Hall–Kier alpha value is -6.12. The Morgan fingerprint density at radius 2 is 1.00 bits per heavy atom. The summed E-state index contributed by atoms with van der Waals surface area (Å²) in [5.41, 5.74) is 9.95. The zero-order valence-corrected chi connectivity index (χ0v) is 25.1. The molecule has 0 fully saturated rings. The van der Waals surface area contributed by atoms with Crippen LogP contribution in [0, 0.1) is 0 Å². The molecule has 1 heterocycles. The SMILES string of the molecule is c1ccc(-c2ccc(N(c3cccc(-c4cccc5ccccc45)c3)c3ccc4cc5oc6ccccc6c5cc4c3)cc2)cc1. The van der Waals surface area contributed by atoms with E-state index in [4.69, 9.17) is 4.42 Å². The molecule has 2 nitrogen and oxygen atoms in total. The molecule has 0 saturated carbocycles. The van der Waals surface area contributed by atoms with E-state index in [1.165, 1.54) is 38.4 Å². The first-order chi connectivity index (χ1) is 22.8. The van der Waals surface area contributed by atoms with Crippen molar-refractivity contribution in [2.45, 2.75) is 0 Å². The van der Waals surface area contributed by atoms with E-state index in [1.54, 1.807) is 0 Å². The summed E-state index contributed by atoms with van der Waals surface area (Å²) in [5, 5.41) is 7.10. The summed E-state index contributed by atoms with van der Waals surface area (Å²) >= 11 is 0. The Kier molecular flexibility index (Phi) is 6.17. The summed E-state index contributed by atoms with van der Waals surface area (Å²) in [4.78, 5) is 2.36. The minimum atomic E-state index is 0.914. The molecule has 0 atom stereocenters. The highest BCUT2D eigenvalue weighted by Gasteiger charge is 2.16. The van der Waals surface area contributed by atoms with Gasteiger partial charge in [0.05, 0.1) is 0 Å². The summed E-state index contributed by atoms with van der Waals surface area (Å²) < 4.78 is 6.20. The van der Waals surface area contributed by atoms with Gasteiger partial charge in [0, 0.05) is 27.8 Å². The van der Waals surface area contributed by atoms with Crippen LogP contribution in [0.1, 0.15) is 0 Å². The Morgan fingerprint density at radius 3 is 1.89 bits per heavy atom. The maximum absolute atomic E-state index is 6.20. The molecule has 0 N–H and O–H groups in total. The van der Waals surface area contributed by atoms with Gasteiger partial charge in [0.2, 0.25) is 0 Å². The van der Waals surface area contributed by atoms with Gasteiger partial charge in [-0.2, -0.15) is 0 Å². The van der Waals surface area contributed by atoms with E-state index in [0.717, 1.165) is 44.4 Å². The fraction of sp³-hybridized carbons (Fsp3) is 0. The average Bonchev–Trinajstić information content (AvgIpc) is 3.48. The lowest BCUT2D eigenvalue weighted by Crippen LogP contribution is -2.10. The largest absolute Gasteiger partial charge is 0.456 e. The molecule has 0 spiro atoms. The van der Waals surface area contributed by atoms with Gasteiger partial charge >= 0.3 is 0 Å². The third-order valence-electron chi connectivity index (χ3n) is 9.02. The lowest BCUT2D eigenvalue weighted by Gasteiger charge is -2.26. The van der Waals surface area contributed by atoms with Crippen molar-refractivity contribution in [3.63, 3.8) is 0 Å². The van der Waals surface area contributed by atoms with Crippen LogP contribution in [0.5, 0.6) is 0 Å². The highest BCUT2D eigenvalue weighted by Crippen LogP contribution is 2.41. The van der Waals surface area contributed by atoms with Crippen LogP contribution >= 0.6 is 0 Å². The van der Waals surface area contributed by atoms with Crippen LogP contribution in [-0.4, -0.2) is 0 Å². The number of nitrogens with zero attached hydrogens (tertiary/aromatic N) is 1. The number of furan rings is 1. The lowest BCUT2D eigenvalue weighted by atomic mass is 9.97. The predicted octanol–water partition coefficient (Wildman–Crippen LogP) is 12.7. The van der Waals surface area contributed by atoms with Crippen LogP contribution < -0.4 is 4.90 Å². The number of rotatable bonds is 5. The Bertz CT molecular complexity index is 2520. The summed E-state index contributed by atoms with van der Waals surface area (Å²) in [6.07, 6.45) is 0. The second kappa shape index (κ2) is 10.8. The monoisotopic (exact) mass is 587 g/mol. The van der Waals surface area contributed by atoms with Crippen molar-refractivity contribution >= 4 is 60.5 Å². The first-order valence-corrected chi connectivity index (χ1v) is 15.7. The average molecular weight is 588 g/mol. The molecule has 0 amide bonds. The smallest absolute Gasteiger partial charge is 0.136 e. The Labute approximate surface area is 267 Å². The van der Waals surface area contributed by atoms with Crippen molar-refractivity contribution in [3.8, 4) is 22.3 Å². The molecule has 9 rings (SSSR count). The van der Waals surface area contributed by atoms with Crippen molar-refractivity contribution in [2.75, 3.05) is 4.90 Å². The van der Waals surface area contributed by atoms with E-state index in [2.05, 4.69) is 169 Å². The number of para-hydroxylation sites is 1. The van der Waals surface area contributed by atoms with Crippen molar-refractivity contribution in [3.05, 3.63) is 176 Å². The normalized spacial score (nSPS) is 11.5. The van der Waals surface area contributed by atoms with Gasteiger partial charge in [-0.1, -0.05) is 121 Å². The predicted molar refractivity (Wildman–Crippen MR) is 194 cm³/mol. The van der Waals surface area contributed by atoms with Crippen molar-refractivity contribution in [1.29, 1.82) is 0 Å². The van der Waals surface area contributed by atoms with E-state index < -0.39 is 0 Å². The lowest BCUT2D eigenvalue weighted by molar-refractivity contribution is 0.669. The van der Waals surface area contributed by atoms with Crippen molar-refractivity contribution in [1.82, 2.24) is 0 Å². The molecule has 0 aliphatic rings. The molecule has 8 aromatic carbocycles. The number of anilines is 3. The second-order valence-corrected chi connectivity index (χ2v) is 11.8. The van der Waals surface area contributed by atoms with E-state index in [-0.39, 0.29) is 0 Å². The van der Waals surface area contributed by atoms with E-state index in [9.17, 15) is 0 Å². The van der Waals surface area contributed by atoms with Gasteiger partial charge < -0.3 is 9.32 Å². The fourth-order valence-corrected chi connectivity index (χ4v) is 6.77. The molecule has 216 valence electrons. The number of hydrogen-bond acceptors (Lipinski definition) is 2. The van der Waals surface area contributed by atoms with E-state index in [1.807, 2.05) is 12.1 Å². The zero-order chi connectivity index (χ0) is 30.5. The topological polar surface area (TPSA) is 16.4 Å². The molecule has 2 heteroatoms. The van der Waals surface area contributed by atoms with Crippen LogP contribution in [0.3, 0.4) is 0 Å². The van der Waals surface area contributed by atoms with Gasteiger partial charge in [-0.05, 0) is 98.4 Å². The molecule has 9 aromatic rings. The first-order valence-electron chi connectivity index (χ1n) is 15.7. The summed E-state index contributed by atoms with van der Waals surface area (Å²) in [6, 6.07) is 62.9. The standard InChI is InChI=1S/C44H29NO/c1-2-10-30(11-3-1)31-20-23-36(24-21-31)45(37-15-8-14-34(26-37)40-18-9-13-32-12-4-5-16-39(32)40)38-25-22-33-29-44-42(28-35(33)27-38)41-17-6-7-19-43(41)46-44/h1-29H. The van der Waals surface area contributed by atoms with Gasteiger partial charge in [0.25, 0.3) is 0 Å². The highest BCUT2D eigenvalue weighted by atomic mass is 16.3. The minimum Gasteiger partial charge on any atom is -0.456 e. The number of benzene rings is 8. The molecule has 0 aliphatic carbocycles. The minimum absolute atomic E-state index is 0.914. The third-order valence-corrected chi connectivity index (χ3v) is 9.02.